The summed E-state index contributed by atoms with van der Waals surface area (Å²) in [6.07, 6.45) is 3.48. The molecule has 0 bridgehead atoms. The van der Waals surface area contributed by atoms with Crippen molar-refractivity contribution in [3.63, 3.8) is 0 Å². The van der Waals surface area contributed by atoms with Crippen molar-refractivity contribution in [2.24, 2.45) is 5.92 Å². The molecule has 8 heteroatoms. The first-order valence-corrected chi connectivity index (χ1v) is 8.95. The van der Waals surface area contributed by atoms with Gasteiger partial charge in [0.1, 0.15) is 0 Å². The SMILES string of the molecule is CN(C)C[C@@H]1CN(c2ncccn2)C[C@H]1NC(=O)c1ccc(Cl)s1. The molecule has 128 valence electrons. The van der Waals surface area contributed by atoms with Crippen LogP contribution in [0.3, 0.4) is 0 Å². The molecule has 2 aromatic heterocycles. The second-order valence-corrected chi connectivity index (χ2v) is 7.87. The van der Waals surface area contributed by atoms with Crippen molar-refractivity contribution in [3.05, 3.63) is 39.8 Å². The predicted molar refractivity (Wildman–Crippen MR) is 96.9 cm³/mol. The maximum atomic E-state index is 12.5. The first kappa shape index (κ1) is 17.1. The van der Waals surface area contributed by atoms with Gasteiger partial charge in [0.2, 0.25) is 5.95 Å². The highest BCUT2D eigenvalue weighted by molar-refractivity contribution is 7.18. The number of carbonyl (C=O) groups excluding carboxylic acids is 1. The average molecular weight is 366 g/mol. The Bertz CT molecular complexity index is 693. The van der Waals surface area contributed by atoms with Crippen molar-refractivity contribution in [1.82, 2.24) is 20.2 Å². The van der Waals surface area contributed by atoms with Gasteiger partial charge in [-0.1, -0.05) is 11.6 Å². The molecule has 24 heavy (non-hydrogen) atoms. The lowest BCUT2D eigenvalue weighted by Crippen LogP contribution is -2.43. The van der Waals surface area contributed by atoms with Crippen molar-refractivity contribution < 1.29 is 4.79 Å². The number of anilines is 1. The first-order chi connectivity index (χ1) is 11.5. The highest BCUT2D eigenvalue weighted by Gasteiger charge is 2.35. The fourth-order valence-electron chi connectivity index (χ4n) is 2.98. The second-order valence-electron chi connectivity index (χ2n) is 6.16. The second kappa shape index (κ2) is 7.46. The molecule has 3 heterocycles. The summed E-state index contributed by atoms with van der Waals surface area (Å²) in [6, 6.07) is 5.36. The van der Waals surface area contributed by atoms with Crippen LogP contribution < -0.4 is 10.2 Å². The minimum absolute atomic E-state index is 0.0459. The molecular formula is C16H20ClN5OS. The minimum Gasteiger partial charge on any atom is -0.346 e. The molecule has 0 spiro atoms. The molecule has 0 saturated carbocycles. The highest BCUT2D eigenvalue weighted by Crippen LogP contribution is 2.24. The molecule has 1 amide bonds. The van der Waals surface area contributed by atoms with E-state index in [0.29, 0.717) is 27.6 Å². The Hall–Kier alpha value is -1.70. The minimum atomic E-state index is -0.0727. The maximum absolute atomic E-state index is 12.5. The van der Waals surface area contributed by atoms with Crippen LogP contribution in [0.4, 0.5) is 5.95 Å². The van der Waals surface area contributed by atoms with Crippen molar-refractivity contribution in [3.8, 4) is 0 Å². The number of rotatable bonds is 5. The van der Waals surface area contributed by atoms with Crippen molar-refractivity contribution in [2.75, 3.05) is 38.6 Å². The van der Waals surface area contributed by atoms with Gasteiger partial charge in [-0.25, -0.2) is 9.97 Å². The lowest BCUT2D eigenvalue weighted by atomic mass is 10.0. The van der Waals surface area contributed by atoms with Gasteiger partial charge >= 0.3 is 0 Å². The van der Waals surface area contributed by atoms with Crippen LogP contribution >= 0.6 is 22.9 Å². The number of hydrogen-bond acceptors (Lipinski definition) is 6. The molecule has 1 fully saturated rings. The third-order valence-electron chi connectivity index (χ3n) is 3.99. The van der Waals surface area contributed by atoms with Crippen LogP contribution in [-0.2, 0) is 0 Å². The first-order valence-electron chi connectivity index (χ1n) is 7.76. The zero-order valence-corrected chi connectivity index (χ0v) is 15.2. The zero-order chi connectivity index (χ0) is 17.1. The zero-order valence-electron chi connectivity index (χ0n) is 13.6. The van der Waals surface area contributed by atoms with E-state index in [1.807, 2.05) is 14.1 Å². The fourth-order valence-corrected chi connectivity index (χ4v) is 3.93. The van der Waals surface area contributed by atoms with E-state index in [9.17, 15) is 4.79 Å². The molecule has 2 atom stereocenters. The van der Waals surface area contributed by atoms with Gasteiger partial charge in [0.15, 0.2) is 0 Å². The summed E-state index contributed by atoms with van der Waals surface area (Å²) >= 11 is 7.23. The van der Waals surface area contributed by atoms with E-state index in [2.05, 4.69) is 25.1 Å². The van der Waals surface area contributed by atoms with Gasteiger partial charge in [-0.2, -0.15) is 0 Å². The molecule has 1 saturated heterocycles. The van der Waals surface area contributed by atoms with Gasteiger partial charge in [-0.05, 0) is 32.3 Å². The van der Waals surface area contributed by atoms with E-state index < -0.39 is 0 Å². The number of nitrogens with one attached hydrogen (secondary N) is 1. The Kier molecular flexibility index (Phi) is 5.33. The topological polar surface area (TPSA) is 61.4 Å². The summed E-state index contributed by atoms with van der Waals surface area (Å²) in [5, 5.41) is 3.15. The van der Waals surface area contributed by atoms with Gasteiger partial charge in [-0.15, -0.1) is 11.3 Å². The Labute approximate surface area is 150 Å². The quantitative estimate of drug-likeness (QED) is 0.878. The standard InChI is InChI=1S/C16H20ClN5OS/c1-21(2)8-11-9-22(16-18-6-3-7-19-16)10-12(11)20-15(23)13-4-5-14(17)24-13/h3-7,11-12H,8-10H2,1-2H3,(H,20,23)/t11-,12-/m1/s1. The van der Waals surface area contributed by atoms with E-state index in [1.165, 1.54) is 11.3 Å². The van der Waals surface area contributed by atoms with Crippen molar-refractivity contribution in [1.29, 1.82) is 0 Å². The number of thiophene rings is 1. The van der Waals surface area contributed by atoms with E-state index in [4.69, 9.17) is 11.6 Å². The molecule has 6 nitrogen and oxygen atoms in total. The number of aromatic nitrogens is 2. The predicted octanol–water partition coefficient (Wildman–Crippen LogP) is 1.99. The summed E-state index contributed by atoms with van der Waals surface area (Å²) in [7, 11) is 4.08. The number of carbonyl (C=O) groups is 1. The molecule has 0 aliphatic carbocycles. The Morgan fingerprint density at radius 1 is 1.38 bits per heavy atom. The number of halogens is 1. The lowest BCUT2D eigenvalue weighted by molar-refractivity contribution is 0.0932. The fraction of sp³-hybridized carbons (Fsp3) is 0.438. The molecule has 3 rings (SSSR count). The number of hydrogen-bond donors (Lipinski definition) is 1. The molecule has 2 aromatic rings. The van der Waals surface area contributed by atoms with Crippen LogP contribution in [0.25, 0.3) is 0 Å². The van der Waals surface area contributed by atoms with Crippen molar-refractivity contribution >= 4 is 34.8 Å². The molecule has 0 unspecified atom stereocenters. The van der Waals surface area contributed by atoms with Crippen LogP contribution in [-0.4, -0.2) is 60.5 Å². The van der Waals surface area contributed by atoms with Gasteiger partial charge < -0.3 is 15.1 Å². The van der Waals surface area contributed by atoms with Crippen LogP contribution in [0.15, 0.2) is 30.6 Å². The van der Waals surface area contributed by atoms with Crippen LogP contribution in [0.1, 0.15) is 9.67 Å². The van der Waals surface area contributed by atoms with Gasteiger partial charge in [-0.3, -0.25) is 4.79 Å². The van der Waals surface area contributed by atoms with Gasteiger partial charge in [0.05, 0.1) is 15.3 Å². The van der Waals surface area contributed by atoms with Gasteiger partial charge in [0.25, 0.3) is 5.91 Å². The summed E-state index contributed by atoms with van der Waals surface area (Å²) < 4.78 is 0.621. The van der Waals surface area contributed by atoms with Crippen LogP contribution in [0.2, 0.25) is 4.34 Å². The lowest BCUT2D eigenvalue weighted by Gasteiger charge is -2.22. The molecule has 1 aliphatic rings. The third kappa shape index (κ3) is 4.03. The van der Waals surface area contributed by atoms with E-state index >= 15 is 0 Å². The normalized spacial score (nSPS) is 20.6. The Morgan fingerprint density at radius 2 is 2.12 bits per heavy atom. The monoisotopic (exact) mass is 365 g/mol. The Morgan fingerprint density at radius 3 is 2.75 bits per heavy atom. The van der Waals surface area contributed by atoms with Gasteiger partial charge in [0, 0.05) is 37.9 Å². The molecular weight excluding hydrogens is 346 g/mol. The molecule has 0 radical (unpaired) electrons. The summed E-state index contributed by atoms with van der Waals surface area (Å²) in [5.74, 6) is 0.942. The third-order valence-corrected chi connectivity index (χ3v) is 5.22. The molecule has 1 N–H and O–H groups in total. The molecule has 1 aliphatic heterocycles. The van der Waals surface area contributed by atoms with E-state index in [1.54, 1.807) is 30.6 Å². The average Bonchev–Trinajstić information content (AvgIpc) is 3.15. The van der Waals surface area contributed by atoms with Crippen LogP contribution in [0, 0.1) is 5.92 Å². The van der Waals surface area contributed by atoms with E-state index in [-0.39, 0.29) is 11.9 Å². The largest absolute Gasteiger partial charge is 0.346 e. The maximum Gasteiger partial charge on any atom is 0.261 e. The highest BCUT2D eigenvalue weighted by atomic mass is 35.5. The molecule has 0 aromatic carbocycles. The Balaban J connectivity index is 1.72. The summed E-state index contributed by atoms with van der Waals surface area (Å²) in [5.41, 5.74) is 0. The smallest absolute Gasteiger partial charge is 0.261 e. The van der Waals surface area contributed by atoms with E-state index in [0.717, 1.165) is 13.1 Å². The van der Waals surface area contributed by atoms with Crippen molar-refractivity contribution in [2.45, 2.75) is 6.04 Å². The summed E-state index contributed by atoms with van der Waals surface area (Å²) in [6.45, 7) is 2.41. The van der Waals surface area contributed by atoms with Crippen LogP contribution in [0.5, 0.6) is 0 Å². The summed E-state index contributed by atoms with van der Waals surface area (Å²) in [4.78, 5) is 26.0. The number of nitrogens with zero attached hydrogens (tertiary/aromatic N) is 4. The number of amides is 1.